The second-order valence-electron chi connectivity index (χ2n) is 4.24. The Kier molecular flexibility index (Phi) is 4.02. The summed E-state index contributed by atoms with van der Waals surface area (Å²) in [5, 5.41) is 4.49. The van der Waals surface area contributed by atoms with Crippen molar-refractivity contribution in [3.05, 3.63) is 10.9 Å². The van der Waals surface area contributed by atoms with E-state index >= 15 is 0 Å². The third-order valence-corrected chi connectivity index (χ3v) is 4.23. The number of nitrogens with one attached hydrogen (secondary N) is 1. The zero-order valence-electron chi connectivity index (χ0n) is 10.2. The van der Waals surface area contributed by atoms with Crippen molar-refractivity contribution in [3.63, 3.8) is 0 Å². The fourth-order valence-electron chi connectivity index (χ4n) is 1.99. The lowest BCUT2D eigenvalue weighted by atomic mass is 10.2. The van der Waals surface area contributed by atoms with Crippen molar-refractivity contribution >= 4 is 27.8 Å². The summed E-state index contributed by atoms with van der Waals surface area (Å²) < 4.78 is 0. The predicted molar refractivity (Wildman–Crippen MR) is 73.1 cm³/mol. The van der Waals surface area contributed by atoms with Gasteiger partial charge < -0.3 is 16.0 Å². The van der Waals surface area contributed by atoms with Gasteiger partial charge in [0.15, 0.2) is 5.78 Å². The number of hydrogen-bond acceptors (Lipinski definition) is 5. The van der Waals surface area contributed by atoms with E-state index in [1.165, 1.54) is 11.3 Å². The highest BCUT2D eigenvalue weighted by Crippen LogP contribution is 2.33. The zero-order chi connectivity index (χ0) is 12.3. The molecule has 1 aromatic heterocycles. The summed E-state index contributed by atoms with van der Waals surface area (Å²) in [7, 11) is 0. The van der Waals surface area contributed by atoms with E-state index in [9.17, 15) is 4.79 Å². The summed E-state index contributed by atoms with van der Waals surface area (Å²) in [4.78, 5) is 14.7. The van der Waals surface area contributed by atoms with E-state index < -0.39 is 0 Å². The highest BCUT2D eigenvalue weighted by Gasteiger charge is 2.17. The molecule has 5 heteroatoms. The summed E-state index contributed by atoms with van der Waals surface area (Å²) in [5.74, 6) is 0.145. The molecule has 0 unspecified atom stereocenters. The van der Waals surface area contributed by atoms with E-state index in [-0.39, 0.29) is 5.78 Å². The van der Waals surface area contributed by atoms with Gasteiger partial charge in [0.05, 0.1) is 15.6 Å². The molecule has 1 aliphatic heterocycles. The number of nitrogen functional groups attached to an aromatic ring is 1. The van der Waals surface area contributed by atoms with Gasteiger partial charge in [0, 0.05) is 26.1 Å². The molecular weight excluding hydrogens is 234 g/mol. The van der Waals surface area contributed by atoms with Crippen molar-refractivity contribution in [1.82, 2.24) is 5.32 Å². The Balaban J connectivity index is 2.18. The number of Topliss-reactive ketones (excluding diaryl/α,β-unsaturated/α-hetero) is 1. The van der Waals surface area contributed by atoms with Crippen LogP contribution in [0, 0.1) is 0 Å². The van der Waals surface area contributed by atoms with Gasteiger partial charge in [0.2, 0.25) is 0 Å². The molecule has 0 saturated carbocycles. The number of anilines is 2. The number of rotatable bonds is 3. The molecular formula is C12H19N3OS. The third kappa shape index (κ3) is 2.79. The zero-order valence-corrected chi connectivity index (χ0v) is 11.0. The molecule has 0 spiro atoms. The molecule has 1 aliphatic rings. The van der Waals surface area contributed by atoms with Crippen molar-refractivity contribution in [2.45, 2.75) is 19.8 Å². The van der Waals surface area contributed by atoms with Gasteiger partial charge in [-0.2, -0.15) is 0 Å². The van der Waals surface area contributed by atoms with Crippen LogP contribution in [0.5, 0.6) is 0 Å². The minimum Gasteiger partial charge on any atom is -0.397 e. The molecule has 2 heterocycles. The molecule has 1 saturated heterocycles. The lowest BCUT2D eigenvalue weighted by Gasteiger charge is -2.19. The second kappa shape index (κ2) is 5.51. The number of carbonyl (C=O) groups excluding carboxylic acids is 1. The Morgan fingerprint density at radius 2 is 2.35 bits per heavy atom. The van der Waals surface area contributed by atoms with Crippen LogP contribution in [-0.4, -0.2) is 32.0 Å². The Morgan fingerprint density at radius 1 is 1.53 bits per heavy atom. The van der Waals surface area contributed by atoms with Gasteiger partial charge in [-0.25, -0.2) is 0 Å². The van der Waals surface area contributed by atoms with Crippen molar-refractivity contribution in [1.29, 1.82) is 0 Å². The first-order valence-electron chi connectivity index (χ1n) is 6.10. The fourth-order valence-corrected chi connectivity index (χ4v) is 3.13. The smallest absolute Gasteiger partial charge is 0.174 e. The molecule has 1 aromatic rings. The van der Waals surface area contributed by atoms with Crippen molar-refractivity contribution < 1.29 is 4.79 Å². The Hall–Kier alpha value is -1.07. The predicted octanol–water partition coefficient (Wildman–Crippen LogP) is 1.72. The number of nitrogens with zero attached hydrogens (tertiary/aromatic N) is 1. The molecule has 1 fully saturated rings. The van der Waals surface area contributed by atoms with E-state index in [4.69, 9.17) is 5.73 Å². The molecule has 0 aliphatic carbocycles. The second-order valence-corrected chi connectivity index (χ2v) is 5.27. The van der Waals surface area contributed by atoms with Crippen LogP contribution >= 0.6 is 11.3 Å². The van der Waals surface area contributed by atoms with Crippen LogP contribution in [0.1, 0.15) is 29.4 Å². The van der Waals surface area contributed by atoms with Gasteiger partial charge in [-0.15, -0.1) is 11.3 Å². The van der Waals surface area contributed by atoms with Crippen LogP contribution in [0.15, 0.2) is 6.07 Å². The fraction of sp³-hybridized carbons (Fsp3) is 0.583. The maximum Gasteiger partial charge on any atom is 0.174 e. The van der Waals surface area contributed by atoms with Crippen molar-refractivity contribution in [2.24, 2.45) is 0 Å². The first-order valence-corrected chi connectivity index (χ1v) is 6.92. The third-order valence-electron chi connectivity index (χ3n) is 2.97. The van der Waals surface area contributed by atoms with Crippen LogP contribution in [0.2, 0.25) is 0 Å². The van der Waals surface area contributed by atoms with Crippen LogP contribution in [-0.2, 0) is 0 Å². The van der Waals surface area contributed by atoms with Crippen LogP contribution < -0.4 is 16.0 Å². The average molecular weight is 253 g/mol. The quantitative estimate of drug-likeness (QED) is 0.805. The van der Waals surface area contributed by atoms with Gasteiger partial charge >= 0.3 is 0 Å². The summed E-state index contributed by atoms with van der Waals surface area (Å²) in [5.41, 5.74) is 6.54. The molecule has 4 nitrogen and oxygen atoms in total. The molecule has 0 bridgehead atoms. The minimum atomic E-state index is 0.145. The highest BCUT2D eigenvalue weighted by atomic mass is 32.1. The maximum atomic E-state index is 11.7. The Labute approximate surface area is 106 Å². The van der Waals surface area contributed by atoms with Gasteiger partial charge in [-0.3, -0.25) is 4.79 Å². The number of ketones is 1. The van der Waals surface area contributed by atoms with E-state index in [1.54, 1.807) is 0 Å². The molecule has 2 rings (SSSR count). The first-order chi connectivity index (χ1) is 8.22. The number of nitrogens with two attached hydrogens (primary N) is 1. The summed E-state index contributed by atoms with van der Waals surface area (Å²) >= 11 is 1.53. The lowest BCUT2D eigenvalue weighted by Crippen LogP contribution is -2.26. The molecule has 0 atom stereocenters. The summed E-state index contributed by atoms with van der Waals surface area (Å²) in [6.07, 6.45) is 1.65. The first kappa shape index (κ1) is 12.4. The number of hydrogen-bond donors (Lipinski definition) is 2. The van der Waals surface area contributed by atoms with Crippen LogP contribution in [0.3, 0.4) is 0 Å². The largest absolute Gasteiger partial charge is 0.397 e. The minimum absolute atomic E-state index is 0.145. The Morgan fingerprint density at radius 3 is 3.12 bits per heavy atom. The van der Waals surface area contributed by atoms with Gasteiger partial charge in [-0.1, -0.05) is 6.92 Å². The molecule has 94 valence electrons. The van der Waals surface area contributed by atoms with Crippen molar-refractivity contribution in [2.75, 3.05) is 36.8 Å². The normalized spacial score (nSPS) is 16.9. The highest BCUT2D eigenvalue weighted by molar-refractivity contribution is 7.18. The molecule has 17 heavy (non-hydrogen) atoms. The van der Waals surface area contributed by atoms with Crippen LogP contribution in [0.25, 0.3) is 0 Å². The Bertz CT molecular complexity index is 394. The maximum absolute atomic E-state index is 11.7. The average Bonchev–Trinajstić information content (AvgIpc) is 2.57. The van der Waals surface area contributed by atoms with E-state index in [2.05, 4.69) is 10.2 Å². The van der Waals surface area contributed by atoms with Gasteiger partial charge in [0.25, 0.3) is 0 Å². The van der Waals surface area contributed by atoms with E-state index in [1.807, 2.05) is 13.0 Å². The van der Waals surface area contributed by atoms with Gasteiger partial charge in [0.1, 0.15) is 0 Å². The van der Waals surface area contributed by atoms with Gasteiger partial charge in [-0.05, 0) is 19.0 Å². The van der Waals surface area contributed by atoms with Crippen LogP contribution in [0.4, 0.5) is 10.7 Å². The molecule has 0 radical (unpaired) electrons. The van der Waals surface area contributed by atoms with E-state index in [0.717, 1.165) is 42.5 Å². The monoisotopic (exact) mass is 253 g/mol. The standard InChI is InChI=1S/C12H19N3OS/c1-2-10(16)12-9(13)8-11(17-12)15-6-3-4-14-5-7-15/h8,14H,2-7,13H2,1H3. The molecule has 0 amide bonds. The molecule has 0 aromatic carbocycles. The number of carbonyl (C=O) groups is 1. The summed E-state index contributed by atoms with van der Waals surface area (Å²) in [6, 6.07) is 1.94. The van der Waals surface area contributed by atoms with Crippen molar-refractivity contribution in [3.8, 4) is 0 Å². The number of thiophene rings is 1. The summed E-state index contributed by atoms with van der Waals surface area (Å²) in [6.45, 7) is 5.95. The SMILES string of the molecule is CCC(=O)c1sc(N2CCCNCC2)cc1N. The lowest BCUT2D eigenvalue weighted by molar-refractivity contribution is 0.0993. The van der Waals surface area contributed by atoms with E-state index in [0.29, 0.717) is 12.1 Å². The molecule has 3 N–H and O–H groups in total. The topological polar surface area (TPSA) is 58.4 Å².